The van der Waals surface area contributed by atoms with Gasteiger partial charge in [0.1, 0.15) is 5.78 Å². The summed E-state index contributed by atoms with van der Waals surface area (Å²) >= 11 is 12.1. The zero-order valence-corrected chi connectivity index (χ0v) is 18.1. The maximum Gasteiger partial charge on any atom is 0.222 e. The third kappa shape index (κ3) is 5.97. The summed E-state index contributed by atoms with van der Waals surface area (Å²) in [5.41, 5.74) is 1.03. The fourth-order valence-corrected chi connectivity index (χ4v) is 5.34. The van der Waals surface area contributed by atoms with Crippen LogP contribution >= 0.6 is 23.2 Å². The van der Waals surface area contributed by atoms with E-state index in [1.54, 1.807) is 6.07 Å². The second kappa shape index (κ2) is 10.6. The number of hydrogen-bond acceptors (Lipinski definition) is 2. The summed E-state index contributed by atoms with van der Waals surface area (Å²) in [5.74, 6) is 1.22. The van der Waals surface area contributed by atoms with Gasteiger partial charge in [-0.25, -0.2) is 0 Å². The Morgan fingerprint density at radius 1 is 0.964 bits per heavy atom. The van der Waals surface area contributed by atoms with Crippen molar-refractivity contribution in [3.8, 4) is 0 Å². The summed E-state index contributed by atoms with van der Waals surface area (Å²) in [7, 11) is 0. The Kier molecular flexibility index (Phi) is 8.23. The van der Waals surface area contributed by atoms with E-state index in [1.807, 2.05) is 12.1 Å². The van der Waals surface area contributed by atoms with Crippen LogP contribution in [0.3, 0.4) is 0 Å². The van der Waals surface area contributed by atoms with Crippen LogP contribution in [-0.2, 0) is 16.0 Å². The van der Waals surface area contributed by atoms with Crippen LogP contribution in [0.1, 0.15) is 76.2 Å². The van der Waals surface area contributed by atoms with Crippen molar-refractivity contribution in [2.75, 3.05) is 6.54 Å². The Labute approximate surface area is 178 Å². The fourth-order valence-electron chi connectivity index (χ4n) is 4.84. The third-order valence-corrected chi connectivity index (χ3v) is 6.91. The number of fused-ring (bicyclic) bond motifs is 1. The number of hydrogen-bond donors (Lipinski definition) is 0. The minimum atomic E-state index is 0.243. The molecule has 0 bridgehead atoms. The number of halogens is 2. The van der Waals surface area contributed by atoms with E-state index in [0.717, 1.165) is 31.4 Å². The monoisotopic (exact) mass is 423 g/mol. The molecule has 1 aliphatic heterocycles. The number of aryl methyl sites for hydroxylation is 1. The first-order chi connectivity index (χ1) is 13.5. The summed E-state index contributed by atoms with van der Waals surface area (Å²) in [4.78, 5) is 27.0. The standard InChI is InChI=1S/C23H31Cl2NO2/c24-19-14-13-17(21(25)16-19)7-3-9-20(27)10-4-12-23(28)26-15-5-8-18-6-1-2-11-22(18)26/h13-14,16,18,22H,1-12,15H2. The van der Waals surface area contributed by atoms with E-state index in [9.17, 15) is 9.59 Å². The molecule has 2 aliphatic rings. The van der Waals surface area contributed by atoms with E-state index in [-0.39, 0.29) is 11.7 Å². The molecule has 28 heavy (non-hydrogen) atoms. The maximum absolute atomic E-state index is 12.7. The Hall–Kier alpha value is -1.06. The molecule has 0 aromatic heterocycles. The van der Waals surface area contributed by atoms with Crippen LogP contribution in [0.25, 0.3) is 0 Å². The van der Waals surface area contributed by atoms with Crippen molar-refractivity contribution in [1.82, 2.24) is 4.90 Å². The molecule has 3 nitrogen and oxygen atoms in total. The minimum absolute atomic E-state index is 0.243. The van der Waals surface area contributed by atoms with Crippen molar-refractivity contribution >= 4 is 34.9 Å². The van der Waals surface area contributed by atoms with E-state index >= 15 is 0 Å². The van der Waals surface area contributed by atoms with Crippen molar-refractivity contribution < 1.29 is 9.59 Å². The molecule has 154 valence electrons. The molecule has 1 aliphatic carbocycles. The number of ketones is 1. The summed E-state index contributed by atoms with van der Waals surface area (Å²) in [5, 5.41) is 1.29. The lowest BCUT2D eigenvalue weighted by Crippen LogP contribution is -2.49. The van der Waals surface area contributed by atoms with Gasteiger partial charge in [-0.3, -0.25) is 9.59 Å². The number of amides is 1. The van der Waals surface area contributed by atoms with Crippen LogP contribution < -0.4 is 0 Å². The van der Waals surface area contributed by atoms with E-state index in [1.165, 1.54) is 32.1 Å². The first-order valence-electron chi connectivity index (χ1n) is 10.8. The molecule has 2 fully saturated rings. The molecule has 0 radical (unpaired) electrons. The molecular formula is C23H31Cl2NO2. The van der Waals surface area contributed by atoms with Gasteiger partial charge in [0.15, 0.2) is 0 Å². The highest BCUT2D eigenvalue weighted by Crippen LogP contribution is 2.35. The molecule has 1 aromatic rings. The lowest BCUT2D eigenvalue weighted by atomic mass is 9.78. The van der Waals surface area contributed by atoms with Crippen molar-refractivity contribution in [1.29, 1.82) is 0 Å². The summed E-state index contributed by atoms with van der Waals surface area (Å²) < 4.78 is 0. The SMILES string of the molecule is O=C(CCCC(=O)N1CCCC2CCCCC21)CCCc1ccc(Cl)cc1Cl. The van der Waals surface area contributed by atoms with Crippen LogP contribution in [0, 0.1) is 5.92 Å². The highest BCUT2D eigenvalue weighted by Gasteiger charge is 2.35. The molecule has 5 heteroatoms. The van der Waals surface area contributed by atoms with E-state index in [4.69, 9.17) is 23.2 Å². The number of rotatable bonds is 8. The molecule has 1 heterocycles. The van der Waals surface area contributed by atoms with Gasteiger partial charge in [0, 0.05) is 41.9 Å². The number of piperidine rings is 1. The molecule has 0 N–H and O–H groups in total. The molecular weight excluding hydrogens is 393 g/mol. The Balaban J connectivity index is 1.35. The zero-order chi connectivity index (χ0) is 19.9. The van der Waals surface area contributed by atoms with Crippen molar-refractivity contribution in [2.45, 2.75) is 83.1 Å². The number of nitrogens with zero attached hydrogens (tertiary/aromatic N) is 1. The van der Waals surface area contributed by atoms with Crippen molar-refractivity contribution in [2.24, 2.45) is 5.92 Å². The number of benzene rings is 1. The van der Waals surface area contributed by atoms with Gasteiger partial charge < -0.3 is 4.90 Å². The average Bonchev–Trinajstić information content (AvgIpc) is 2.69. The van der Waals surface area contributed by atoms with E-state index < -0.39 is 0 Å². The minimum Gasteiger partial charge on any atom is -0.339 e. The largest absolute Gasteiger partial charge is 0.339 e. The van der Waals surface area contributed by atoms with Gasteiger partial charge in [0.2, 0.25) is 5.91 Å². The van der Waals surface area contributed by atoms with Crippen molar-refractivity contribution in [3.05, 3.63) is 33.8 Å². The summed E-state index contributed by atoms with van der Waals surface area (Å²) in [6.45, 7) is 0.912. The fraction of sp³-hybridized carbons (Fsp3) is 0.652. The van der Waals surface area contributed by atoms with Gasteiger partial charge in [-0.2, -0.15) is 0 Å². The van der Waals surface area contributed by atoms with Crippen LogP contribution in [0.5, 0.6) is 0 Å². The summed E-state index contributed by atoms with van der Waals surface area (Å²) in [6, 6.07) is 5.96. The molecule has 1 amide bonds. The van der Waals surface area contributed by atoms with Gasteiger partial charge in [-0.1, -0.05) is 42.1 Å². The van der Waals surface area contributed by atoms with Gasteiger partial charge in [-0.15, -0.1) is 0 Å². The first-order valence-corrected chi connectivity index (χ1v) is 11.6. The molecule has 2 unspecified atom stereocenters. The van der Waals surface area contributed by atoms with Gasteiger partial charge in [0.05, 0.1) is 0 Å². The molecule has 2 atom stereocenters. The second-order valence-electron chi connectivity index (χ2n) is 8.32. The molecule has 3 rings (SSSR count). The molecule has 1 aromatic carbocycles. The topological polar surface area (TPSA) is 37.4 Å². The normalized spacial score (nSPS) is 22.0. The lowest BCUT2D eigenvalue weighted by Gasteiger charge is -2.44. The molecule has 1 saturated carbocycles. The van der Waals surface area contributed by atoms with Crippen LogP contribution in [0.2, 0.25) is 10.0 Å². The van der Waals surface area contributed by atoms with Crippen LogP contribution in [0.15, 0.2) is 18.2 Å². The first kappa shape index (κ1) is 21.6. The highest BCUT2D eigenvalue weighted by molar-refractivity contribution is 6.35. The highest BCUT2D eigenvalue weighted by atomic mass is 35.5. The van der Waals surface area contributed by atoms with Gasteiger partial charge >= 0.3 is 0 Å². The predicted molar refractivity (Wildman–Crippen MR) is 115 cm³/mol. The quantitative estimate of drug-likeness (QED) is 0.496. The smallest absolute Gasteiger partial charge is 0.222 e. The lowest BCUT2D eigenvalue weighted by molar-refractivity contribution is -0.137. The number of carbonyl (C=O) groups excluding carboxylic acids is 2. The van der Waals surface area contributed by atoms with Gasteiger partial charge in [-0.05, 0) is 68.6 Å². The molecule has 0 spiro atoms. The van der Waals surface area contributed by atoms with Crippen LogP contribution in [0.4, 0.5) is 0 Å². The number of carbonyl (C=O) groups is 2. The Bertz CT molecular complexity index is 689. The third-order valence-electron chi connectivity index (χ3n) is 6.33. The zero-order valence-electron chi connectivity index (χ0n) is 16.6. The van der Waals surface area contributed by atoms with Crippen molar-refractivity contribution in [3.63, 3.8) is 0 Å². The second-order valence-corrected chi connectivity index (χ2v) is 9.17. The van der Waals surface area contributed by atoms with E-state index in [2.05, 4.69) is 4.90 Å². The number of Topliss-reactive ketones (excluding diaryl/α,β-unsaturated/α-hetero) is 1. The van der Waals surface area contributed by atoms with Gasteiger partial charge in [0.25, 0.3) is 0 Å². The van der Waals surface area contributed by atoms with Crippen LogP contribution in [-0.4, -0.2) is 29.2 Å². The Morgan fingerprint density at radius 2 is 1.71 bits per heavy atom. The predicted octanol–water partition coefficient (Wildman–Crippen LogP) is 6.24. The molecule has 1 saturated heterocycles. The van der Waals surface area contributed by atoms with E-state index in [0.29, 0.717) is 47.7 Å². The Morgan fingerprint density at radius 3 is 2.54 bits per heavy atom. The average molecular weight is 424 g/mol. The maximum atomic E-state index is 12.7. The number of likely N-dealkylation sites (tertiary alicyclic amines) is 1. The summed E-state index contributed by atoms with van der Waals surface area (Å²) in [6.07, 6.45) is 11.2.